The van der Waals surface area contributed by atoms with Crippen molar-refractivity contribution in [2.45, 2.75) is 0 Å². The first kappa shape index (κ1) is 16.0. The minimum Gasteiger partial charge on any atom is -0.338 e. The van der Waals surface area contributed by atoms with Crippen molar-refractivity contribution in [2.24, 2.45) is 0 Å². The van der Waals surface area contributed by atoms with Crippen molar-refractivity contribution < 1.29 is 4.79 Å². The number of carbonyl (C=O) groups is 1. The second-order valence-electron chi connectivity index (χ2n) is 6.08. The van der Waals surface area contributed by atoms with Crippen molar-refractivity contribution in [3.63, 3.8) is 0 Å². The number of nitrogens with one attached hydrogen (secondary N) is 1. The third-order valence-electron chi connectivity index (χ3n) is 4.33. The molecule has 0 fully saturated rings. The van der Waals surface area contributed by atoms with Crippen LogP contribution in [0.25, 0.3) is 33.1 Å². The number of hydrogen-bond donors (Lipinski definition) is 1. The van der Waals surface area contributed by atoms with Gasteiger partial charge in [-0.25, -0.2) is 9.97 Å². The number of aromatic amines is 1. The molecule has 128 valence electrons. The van der Waals surface area contributed by atoms with E-state index in [0.717, 1.165) is 27.6 Å². The van der Waals surface area contributed by atoms with Crippen LogP contribution in [0.15, 0.2) is 67.8 Å². The molecule has 1 amide bonds. The maximum absolute atomic E-state index is 12.8. The van der Waals surface area contributed by atoms with Crippen molar-refractivity contribution in [1.29, 1.82) is 0 Å². The largest absolute Gasteiger partial charge is 0.338 e. The zero-order valence-corrected chi connectivity index (χ0v) is 14.3. The van der Waals surface area contributed by atoms with Crippen LogP contribution in [0.2, 0.25) is 0 Å². The highest BCUT2D eigenvalue weighted by molar-refractivity contribution is 6.06. The summed E-state index contributed by atoms with van der Waals surface area (Å²) < 4.78 is 0. The van der Waals surface area contributed by atoms with Crippen molar-refractivity contribution in [3.05, 3.63) is 73.3 Å². The number of H-pyrrole nitrogens is 1. The van der Waals surface area contributed by atoms with Crippen molar-refractivity contribution >= 4 is 39.0 Å². The number of carbonyl (C=O) groups excluding carboxylic acids is 1. The van der Waals surface area contributed by atoms with Gasteiger partial charge in [0.15, 0.2) is 5.65 Å². The van der Waals surface area contributed by atoms with Crippen LogP contribution < -0.4 is 0 Å². The number of fused-ring (bicyclic) bond motifs is 4. The third-order valence-corrected chi connectivity index (χ3v) is 4.33. The van der Waals surface area contributed by atoms with Gasteiger partial charge in [0.1, 0.15) is 5.52 Å². The van der Waals surface area contributed by atoms with E-state index in [-0.39, 0.29) is 5.91 Å². The van der Waals surface area contributed by atoms with Gasteiger partial charge in [0.05, 0.1) is 11.0 Å². The zero-order chi connectivity index (χ0) is 18.1. The monoisotopic (exact) mass is 342 g/mol. The number of rotatable bonds is 5. The summed E-state index contributed by atoms with van der Waals surface area (Å²) in [4.78, 5) is 27.2. The molecule has 0 saturated carbocycles. The lowest BCUT2D eigenvalue weighted by atomic mass is 10.1. The summed E-state index contributed by atoms with van der Waals surface area (Å²) in [6, 6.07) is 13.4. The van der Waals surface area contributed by atoms with Gasteiger partial charge in [-0.1, -0.05) is 30.4 Å². The van der Waals surface area contributed by atoms with Gasteiger partial charge < -0.3 is 9.88 Å². The summed E-state index contributed by atoms with van der Waals surface area (Å²) in [6.07, 6.45) is 3.41. The Morgan fingerprint density at radius 2 is 1.81 bits per heavy atom. The molecule has 0 saturated heterocycles. The van der Waals surface area contributed by atoms with Crippen molar-refractivity contribution in [1.82, 2.24) is 19.9 Å². The molecule has 4 aromatic rings. The first-order valence-electron chi connectivity index (χ1n) is 8.40. The van der Waals surface area contributed by atoms with Gasteiger partial charge in [-0.3, -0.25) is 4.79 Å². The van der Waals surface area contributed by atoms with Crippen molar-refractivity contribution in [3.8, 4) is 0 Å². The highest BCUT2D eigenvalue weighted by atomic mass is 16.2. The normalized spacial score (nSPS) is 11.1. The molecule has 0 aliphatic carbocycles. The van der Waals surface area contributed by atoms with E-state index < -0.39 is 0 Å². The van der Waals surface area contributed by atoms with E-state index in [9.17, 15) is 4.79 Å². The molecule has 5 nitrogen and oxygen atoms in total. The lowest BCUT2D eigenvalue weighted by molar-refractivity contribution is 0.0791. The first-order valence-corrected chi connectivity index (χ1v) is 8.40. The number of hydrogen-bond acceptors (Lipinski definition) is 3. The van der Waals surface area contributed by atoms with E-state index in [1.54, 1.807) is 29.2 Å². The Morgan fingerprint density at radius 3 is 2.58 bits per heavy atom. The summed E-state index contributed by atoms with van der Waals surface area (Å²) in [5, 5.41) is 1.02. The fraction of sp³-hybridized carbons (Fsp3) is 0.0952. The minimum atomic E-state index is -0.0764. The molecule has 1 N–H and O–H groups in total. The van der Waals surface area contributed by atoms with E-state index in [1.165, 1.54) is 0 Å². The molecule has 2 aromatic carbocycles. The van der Waals surface area contributed by atoms with E-state index in [1.807, 2.05) is 30.3 Å². The van der Waals surface area contributed by atoms with E-state index in [0.29, 0.717) is 24.2 Å². The quantitative estimate of drug-likeness (QED) is 0.556. The van der Waals surface area contributed by atoms with Gasteiger partial charge in [0, 0.05) is 29.6 Å². The Balaban J connectivity index is 1.84. The number of benzene rings is 2. The van der Waals surface area contributed by atoms with Crippen LogP contribution in [0.4, 0.5) is 0 Å². The molecule has 0 atom stereocenters. The Labute approximate surface area is 150 Å². The minimum absolute atomic E-state index is 0.0764. The standard InChI is InChI=1S/C21H18N4O/c1-3-11-25(12-4-2)21(26)14-9-10-17-18(13-14)22-19-15-7-5-6-8-16(15)23-20(19)24-17/h3-10,13H,1-2,11-12H2,(H,23,24). The predicted molar refractivity (Wildman–Crippen MR) is 105 cm³/mol. The van der Waals surface area contributed by atoms with Gasteiger partial charge in [-0.2, -0.15) is 0 Å². The predicted octanol–water partition coefficient (Wildman–Crippen LogP) is 4.08. The molecule has 4 rings (SSSR count). The fourth-order valence-corrected chi connectivity index (χ4v) is 3.12. The smallest absolute Gasteiger partial charge is 0.254 e. The Bertz CT molecular complexity index is 1150. The van der Waals surface area contributed by atoms with E-state index in [4.69, 9.17) is 4.98 Å². The maximum atomic E-state index is 12.8. The van der Waals surface area contributed by atoms with Gasteiger partial charge in [0.2, 0.25) is 0 Å². The average molecular weight is 342 g/mol. The second kappa shape index (κ2) is 6.44. The Kier molecular flexibility index (Phi) is 3.97. The highest BCUT2D eigenvalue weighted by Gasteiger charge is 2.15. The van der Waals surface area contributed by atoms with Gasteiger partial charge >= 0.3 is 0 Å². The van der Waals surface area contributed by atoms with Crippen LogP contribution in [0, 0.1) is 0 Å². The molecule has 5 heteroatoms. The molecule has 0 radical (unpaired) electrons. The summed E-state index contributed by atoms with van der Waals surface area (Å²) in [7, 11) is 0. The second-order valence-corrected chi connectivity index (χ2v) is 6.08. The van der Waals surface area contributed by atoms with Crippen molar-refractivity contribution in [2.75, 3.05) is 13.1 Å². The van der Waals surface area contributed by atoms with Gasteiger partial charge in [-0.05, 0) is 24.3 Å². The molecular formula is C21H18N4O. The number of amides is 1. The third kappa shape index (κ3) is 2.63. The topological polar surface area (TPSA) is 61.9 Å². The van der Waals surface area contributed by atoms with Crippen LogP contribution >= 0.6 is 0 Å². The van der Waals surface area contributed by atoms with Gasteiger partial charge in [-0.15, -0.1) is 13.2 Å². The molecule has 0 aliphatic rings. The van der Waals surface area contributed by atoms with Gasteiger partial charge in [0.25, 0.3) is 5.91 Å². The molecule has 0 unspecified atom stereocenters. The lowest BCUT2D eigenvalue weighted by Crippen LogP contribution is -2.31. The highest BCUT2D eigenvalue weighted by Crippen LogP contribution is 2.25. The van der Waals surface area contributed by atoms with E-state index >= 15 is 0 Å². The van der Waals surface area contributed by atoms with Crippen LogP contribution in [0.3, 0.4) is 0 Å². The molecule has 2 heterocycles. The molecule has 0 bridgehead atoms. The zero-order valence-electron chi connectivity index (χ0n) is 14.3. The summed E-state index contributed by atoms with van der Waals surface area (Å²) in [5.74, 6) is -0.0764. The molecule has 26 heavy (non-hydrogen) atoms. The fourth-order valence-electron chi connectivity index (χ4n) is 3.12. The molecule has 0 spiro atoms. The number of aromatic nitrogens is 3. The summed E-state index contributed by atoms with van der Waals surface area (Å²) >= 11 is 0. The van der Waals surface area contributed by atoms with E-state index in [2.05, 4.69) is 23.1 Å². The number of nitrogens with zero attached hydrogens (tertiary/aromatic N) is 3. The maximum Gasteiger partial charge on any atom is 0.254 e. The lowest BCUT2D eigenvalue weighted by Gasteiger charge is -2.19. The van der Waals surface area contributed by atoms with Crippen LogP contribution in [0.1, 0.15) is 10.4 Å². The summed E-state index contributed by atoms with van der Waals surface area (Å²) in [5.41, 5.74) is 4.58. The number of para-hydroxylation sites is 1. The molecule has 0 aliphatic heterocycles. The first-order chi connectivity index (χ1) is 12.7. The van der Waals surface area contributed by atoms with Crippen LogP contribution in [0.5, 0.6) is 0 Å². The van der Waals surface area contributed by atoms with Crippen LogP contribution in [-0.4, -0.2) is 38.8 Å². The Hall–Kier alpha value is -3.47. The van der Waals surface area contributed by atoms with Crippen LogP contribution in [-0.2, 0) is 0 Å². The molecular weight excluding hydrogens is 324 g/mol. The molecule has 2 aromatic heterocycles. The summed E-state index contributed by atoms with van der Waals surface area (Å²) in [6.45, 7) is 8.36. The Morgan fingerprint density at radius 1 is 1.04 bits per heavy atom. The SMILES string of the molecule is C=CCN(CC=C)C(=O)c1ccc2nc3[nH]c4ccccc4c3nc2c1. The average Bonchev–Trinajstić information content (AvgIpc) is 3.02.